The molecule has 0 saturated carbocycles. The van der Waals surface area contributed by atoms with E-state index < -0.39 is 17.6 Å². The van der Waals surface area contributed by atoms with Crippen molar-refractivity contribution in [2.24, 2.45) is 0 Å². The van der Waals surface area contributed by atoms with Gasteiger partial charge >= 0.3 is 12.2 Å². The topological polar surface area (TPSA) is 106 Å². The van der Waals surface area contributed by atoms with E-state index in [0.29, 0.717) is 35.2 Å². The molecule has 2 heterocycles. The van der Waals surface area contributed by atoms with Crippen molar-refractivity contribution in [3.63, 3.8) is 0 Å². The summed E-state index contributed by atoms with van der Waals surface area (Å²) in [5, 5.41) is 5.87. The molecule has 0 aliphatic carbocycles. The van der Waals surface area contributed by atoms with E-state index in [1.807, 2.05) is 69.2 Å². The Labute approximate surface area is 276 Å². The van der Waals surface area contributed by atoms with Crippen LogP contribution in [0.2, 0.25) is 0 Å². The molecule has 0 radical (unpaired) electrons. The van der Waals surface area contributed by atoms with Gasteiger partial charge in [0, 0.05) is 62.1 Å². The molecule has 14 heteroatoms. The number of hydrogen-bond donors (Lipinski definition) is 2. The van der Waals surface area contributed by atoms with E-state index in [4.69, 9.17) is 4.74 Å². The van der Waals surface area contributed by atoms with E-state index in [0.717, 1.165) is 29.1 Å². The highest BCUT2D eigenvalue weighted by molar-refractivity contribution is 6.07. The fourth-order valence-electron chi connectivity index (χ4n) is 5.05. The van der Waals surface area contributed by atoms with Gasteiger partial charge in [0.25, 0.3) is 5.91 Å². The zero-order chi connectivity index (χ0) is 34.7. The molecule has 0 spiro atoms. The van der Waals surface area contributed by atoms with Gasteiger partial charge in [0.1, 0.15) is 18.2 Å². The van der Waals surface area contributed by atoms with Gasteiger partial charge in [0.05, 0.1) is 17.8 Å². The summed E-state index contributed by atoms with van der Waals surface area (Å²) in [5.74, 6) is -0.0395. The lowest BCUT2D eigenvalue weighted by Crippen LogP contribution is -2.46. The van der Waals surface area contributed by atoms with Gasteiger partial charge in [0.15, 0.2) is 0 Å². The number of nitrogens with zero attached hydrogens (tertiary/aromatic N) is 6. The largest absolute Gasteiger partial charge is 0.492 e. The van der Waals surface area contributed by atoms with E-state index >= 15 is 0 Å². The van der Waals surface area contributed by atoms with Gasteiger partial charge in [-0.3, -0.25) is 14.6 Å². The molecule has 0 unspecified atom stereocenters. The first-order chi connectivity index (χ1) is 22.7. The van der Waals surface area contributed by atoms with Gasteiger partial charge in [-0.2, -0.15) is 18.2 Å². The molecule has 11 nitrogen and oxygen atoms in total. The van der Waals surface area contributed by atoms with Crippen LogP contribution in [0.5, 0.6) is 5.75 Å². The summed E-state index contributed by atoms with van der Waals surface area (Å²) >= 11 is 0. The minimum atomic E-state index is -4.68. The fourth-order valence-corrected chi connectivity index (χ4v) is 5.05. The molecule has 3 amide bonds. The van der Waals surface area contributed by atoms with Gasteiger partial charge in [-0.25, -0.2) is 9.78 Å². The molecule has 5 rings (SSSR count). The smallest absolute Gasteiger partial charge is 0.416 e. The number of urea groups is 1. The quantitative estimate of drug-likeness (QED) is 0.202. The second-order valence-electron chi connectivity index (χ2n) is 11.9. The number of aryl methyl sites for hydroxylation is 1. The molecule has 0 saturated heterocycles. The Kier molecular flexibility index (Phi) is 9.75. The number of rotatable bonds is 10. The summed E-state index contributed by atoms with van der Waals surface area (Å²) in [4.78, 5) is 42.7. The van der Waals surface area contributed by atoms with Crippen molar-refractivity contribution in [3.8, 4) is 5.75 Å². The van der Waals surface area contributed by atoms with E-state index in [-0.39, 0.29) is 30.5 Å². The molecule has 1 aromatic heterocycles. The monoisotopic (exact) mass is 662 g/mol. The molecule has 1 aliphatic heterocycles. The first kappa shape index (κ1) is 34.0. The molecule has 0 bridgehead atoms. The lowest BCUT2D eigenvalue weighted by molar-refractivity contribution is -0.137. The Balaban J connectivity index is 1.36. The number of amides is 3. The maximum atomic E-state index is 13.7. The van der Waals surface area contributed by atoms with Gasteiger partial charge in [-0.05, 0) is 75.1 Å². The number of anilines is 6. The lowest BCUT2D eigenvalue weighted by atomic mass is 10.1. The van der Waals surface area contributed by atoms with Crippen molar-refractivity contribution in [2.45, 2.75) is 19.6 Å². The molecule has 252 valence electrons. The average Bonchev–Trinajstić information content (AvgIpc) is 3.03. The number of fused-ring (bicyclic) bond motifs is 1. The van der Waals surface area contributed by atoms with Crippen molar-refractivity contribution < 1.29 is 27.5 Å². The number of hydrogen-bond acceptors (Lipinski definition) is 8. The van der Waals surface area contributed by atoms with Crippen molar-refractivity contribution in [3.05, 3.63) is 89.1 Å². The van der Waals surface area contributed by atoms with E-state index in [9.17, 15) is 22.8 Å². The summed E-state index contributed by atoms with van der Waals surface area (Å²) in [6, 6.07) is 15.3. The maximum absolute atomic E-state index is 13.7. The van der Waals surface area contributed by atoms with Crippen molar-refractivity contribution in [2.75, 3.05) is 73.7 Å². The normalized spacial score (nSPS) is 13.0. The third kappa shape index (κ3) is 7.77. The highest BCUT2D eigenvalue weighted by Crippen LogP contribution is 2.35. The zero-order valence-corrected chi connectivity index (χ0v) is 27.5. The highest BCUT2D eigenvalue weighted by atomic mass is 19.4. The molecule has 3 aromatic carbocycles. The predicted molar refractivity (Wildman–Crippen MR) is 181 cm³/mol. The number of aromatic nitrogens is 2. The Morgan fingerprint density at radius 3 is 2.50 bits per heavy atom. The standard InChI is InChI=1S/C34H37F3N8O3/c1-21-10-11-26(39-31(46)22-14-24(34(35,36)37)16-28(15-22)48-13-12-42(2)3)18-29(21)45-20-23-19-38-32(41-30(23)44(6)33(45)47)40-25-8-7-9-27(17-25)43(4)5/h7-11,14-19H,12-13,20H2,1-6H3,(H,39,46)(H,38,40,41). The van der Waals surface area contributed by atoms with E-state index in [2.05, 4.69) is 20.6 Å². The number of carbonyl (C=O) groups excluding carboxylic acids is 2. The van der Waals surface area contributed by atoms with Gasteiger partial charge in [-0.15, -0.1) is 0 Å². The van der Waals surface area contributed by atoms with Crippen LogP contribution in [-0.4, -0.2) is 75.2 Å². The molecule has 0 atom stereocenters. The Hall–Kier alpha value is -5.37. The SMILES string of the molecule is Cc1ccc(NC(=O)c2cc(OCCN(C)C)cc(C(F)(F)F)c2)cc1N1Cc2cnc(Nc3cccc(N(C)C)c3)nc2N(C)C1=O. The summed E-state index contributed by atoms with van der Waals surface area (Å²) in [7, 11) is 9.13. The van der Waals surface area contributed by atoms with Crippen molar-refractivity contribution in [1.82, 2.24) is 14.9 Å². The molecular weight excluding hydrogens is 625 g/mol. The van der Waals surface area contributed by atoms with Crippen LogP contribution in [0, 0.1) is 6.92 Å². The van der Waals surface area contributed by atoms with Crippen LogP contribution in [0.15, 0.2) is 66.9 Å². The van der Waals surface area contributed by atoms with E-state index in [1.54, 1.807) is 31.4 Å². The zero-order valence-electron chi connectivity index (χ0n) is 27.5. The van der Waals surface area contributed by atoms with Crippen LogP contribution in [0.3, 0.4) is 0 Å². The Morgan fingerprint density at radius 1 is 1.02 bits per heavy atom. The second-order valence-corrected chi connectivity index (χ2v) is 11.9. The molecule has 4 aromatic rings. The van der Waals surface area contributed by atoms with Crippen molar-refractivity contribution in [1.29, 1.82) is 0 Å². The molecular formula is C34H37F3N8O3. The second kappa shape index (κ2) is 13.8. The van der Waals surface area contributed by atoms with Gasteiger partial charge < -0.3 is 25.2 Å². The molecule has 0 fully saturated rings. The Morgan fingerprint density at radius 2 is 1.79 bits per heavy atom. The number of carbonyl (C=O) groups is 2. The summed E-state index contributed by atoms with van der Waals surface area (Å²) in [6.07, 6.45) is -3.02. The average molecular weight is 663 g/mol. The van der Waals surface area contributed by atoms with Crippen molar-refractivity contribution >= 4 is 46.5 Å². The number of alkyl halides is 3. The summed E-state index contributed by atoms with van der Waals surface area (Å²) in [5.41, 5.74) is 2.82. The Bertz CT molecular complexity index is 1830. The molecule has 1 aliphatic rings. The van der Waals surface area contributed by atoms with Crippen LogP contribution in [0.1, 0.15) is 27.0 Å². The summed E-state index contributed by atoms with van der Waals surface area (Å²) in [6.45, 7) is 2.60. The maximum Gasteiger partial charge on any atom is 0.416 e. The minimum absolute atomic E-state index is 0.0651. The van der Waals surface area contributed by atoms with Gasteiger partial charge in [-0.1, -0.05) is 12.1 Å². The third-order valence-electron chi connectivity index (χ3n) is 7.69. The predicted octanol–water partition coefficient (Wildman–Crippen LogP) is 6.38. The third-order valence-corrected chi connectivity index (χ3v) is 7.69. The van der Waals surface area contributed by atoms with Gasteiger partial charge in [0.2, 0.25) is 5.95 Å². The van der Waals surface area contributed by atoms with Crippen LogP contribution >= 0.6 is 0 Å². The lowest BCUT2D eigenvalue weighted by Gasteiger charge is -2.35. The van der Waals surface area contributed by atoms with Crippen LogP contribution in [-0.2, 0) is 12.7 Å². The van der Waals surface area contributed by atoms with Crippen LogP contribution < -0.4 is 30.1 Å². The minimum Gasteiger partial charge on any atom is -0.492 e. The number of likely N-dealkylation sites (N-methyl/N-ethyl adjacent to an activating group) is 1. The first-order valence-corrected chi connectivity index (χ1v) is 15.1. The van der Waals surface area contributed by atoms with Crippen LogP contribution in [0.4, 0.5) is 52.5 Å². The number of halogens is 3. The summed E-state index contributed by atoms with van der Waals surface area (Å²) < 4.78 is 46.5. The van der Waals surface area contributed by atoms with E-state index in [1.165, 1.54) is 15.9 Å². The first-order valence-electron chi connectivity index (χ1n) is 15.1. The molecule has 2 N–H and O–H groups in total. The van der Waals surface area contributed by atoms with Crippen LogP contribution in [0.25, 0.3) is 0 Å². The fraction of sp³-hybridized carbons (Fsp3) is 0.294. The number of ether oxygens (including phenoxy) is 1. The number of benzene rings is 3. The highest BCUT2D eigenvalue weighted by Gasteiger charge is 2.33. The number of nitrogens with one attached hydrogen (secondary N) is 2. The molecule has 48 heavy (non-hydrogen) atoms.